The molecule has 1 heterocycles. The van der Waals surface area contributed by atoms with Crippen LogP contribution in [0.1, 0.15) is 10.5 Å². The molecule has 0 saturated heterocycles. The normalized spacial score (nSPS) is 9.94. The van der Waals surface area contributed by atoms with Crippen LogP contribution in [0.3, 0.4) is 0 Å². The minimum atomic E-state index is -0.480. The zero-order valence-electron chi connectivity index (χ0n) is 9.25. The zero-order valence-corrected chi connectivity index (χ0v) is 9.25. The van der Waals surface area contributed by atoms with Gasteiger partial charge in [-0.2, -0.15) is 0 Å². The Balaban J connectivity index is 2.43. The van der Waals surface area contributed by atoms with Gasteiger partial charge in [0.1, 0.15) is 11.4 Å². The van der Waals surface area contributed by atoms with Crippen molar-refractivity contribution in [3.05, 3.63) is 48.3 Å². The molecule has 1 aromatic carbocycles. The highest BCUT2D eigenvalue weighted by Crippen LogP contribution is 2.23. The van der Waals surface area contributed by atoms with Crippen molar-refractivity contribution in [3.63, 3.8) is 0 Å². The lowest BCUT2D eigenvalue weighted by Gasteiger charge is -2.04. The van der Waals surface area contributed by atoms with Crippen LogP contribution in [-0.4, -0.2) is 23.2 Å². The van der Waals surface area contributed by atoms with Gasteiger partial charge in [-0.3, -0.25) is 0 Å². The predicted molar refractivity (Wildman–Crippen MR) is 62.7 cm³/mol. The van der Waals surface area contributed by atoms with Crippen LogP contribution >= 0.6 is 0 Å². The number of rotatable bonds is 2. The summed E-state index contributed by atoms with van der Waals surface area (Å²) in [5.74, 6) is -0.300. The van der Waals surface area contributed by atoms with E-state index < -0.39 is 5.97 Å². The molecule has 0 fully saturated rings. The molecule has 0 aliphatic heterocycles. The van der Waals surface area contributed by atoms with Crippen molar-refractivity contribution < 1.29 is 14.6 Å². The quantitative estimate of drug-likeness (QED) is 0.802. The first-order valence-electron chi connectivity index (χ1n) is 5.04. The number of nitrogens with zero attached hydrogens (tertiary/aromatic N) is 1. The summed E-state index contributed by atoms with van der Waals surface area (Å²) in [6.07, 6.45) is 1.53. The van der Waals surface area contributed by atoms with E-state index in [9.17, 15) is 9.90 Å². The zero-order chi connectivity index (χ0) is 12.3. The summed E-state index contributed by atoms with van der Waals surface area (Å²) in [4.78, 5) is 15.3. The van der Waals surface area contributed by atoms with Crippen molar-refractivity contribution in [2.45, 2.75) is 0 Å². The maximum atomic E-state index is 11.3. The van der Waals surface area contributed by atoms with E-state index >= 15 is 0 Å². The highest BCUT2D eigenvalue weighted by Gasteiger charge is 2.08. The van der Waals surface area contributed by atoms with Crippen molar-refractivity contribution in [3.8, 4) is 16.9 Å². The fourth-order valence-electron chi connectivity index (χ4n) is 1.51. The number of aromatic nitrogens is 1. The molecule has 0 aliphatic rings. The summed E-state index contributed by atoms with van der Waals surface area (Å²) < 4.78 is 4.60. The van der Waals surface area contributed by atoms with Crippen LogP contribution in [-0.2, 0) is 4.74 Å². The molecule has 1 N–H and O–H groups in total. The third kappa shape index (κ3) is 2.42. The number of hydrogen-bond donors (Lipinski definition) is 1. The lowest BCUT2D eigenvalue weighted by atomic mass is 10.1. The topological polar surface area (TPSA) is 59.4 Å². The number of methoxy groups -OCH3 is 1. The Morgan fingerprint density at radius 3 is 2.71 bits per heavy atom. The molecule has 0 spiro atoms. The Morgan fingerprint density at radius 1 is 1.24 bits per heavy atom. The van der Waals surface area contributed by atoms with Crippen LogP contribution in [0.2, 0.25) is 0 Å². The van der Waals surface area contributed by atoms with Gasteiger partial charge in [-0.15, -0.1) is 0 Å². The number of pyridine rings is 1. The van der Waals surface area contributed by atoms with Crippen LogP contribution in [0.4, 0.5) is 0 Å². The van der Waals surface area contributed by atoms with Crippen molar-refractivity contribution in [1.82, 2.24) is 4.98 Å². The Kier molecular flexibility index (Phi) is 3.05. The molecule has 0 unspecified atom stereocenters. The van der Waals surface area contributed by atoms with Gasteiger partial charge in [0.15, 0.2) is 0 Å². The highest BCUT2D eigenvalue weighted by atomic mass is 16.5. The number of esters is 1. The van der Waals surface area contributed by atoms with Crippen molar-refractivity contribution >= 4 is 5.97 Å². The summed E-state index contributed by atoms with van der Waals surface area (Å²) in [5.41, 5.74) is 1.86. The average Bonchev–Trinajstić information content (AvgIpc) is 2.38. The Hall–Kier alpha value is -2.36. The van der Waals surface area contributed by atoms with Gasteiger partial charge in [-0.25, -0.2) is 9.78 Å². The molecule has 2 rings (SSSR count). The van der Waals surface area contributed by atoms with E-state index in [1.165, 1.54) is 13.3 Å². The van der Waals surface area contributed by atoms with E-state index in [1.54, 1.807) is 30.3 Å². The van der Waals surface area contributed by atoms with Crippen molar-refractivity contribution in [1.29, 1.82) is 0 Å². The van der Waals surface area contributed by atoms with E-state index in [-0.39, 0.29) is 11.4 Å². The third-order valence-corrected chi connectivity index (χ3v) is 2.33. The lowest BCUT2D eigenvalue weighted by molar-refractivity contribution is 0.0594. The summed E-state index contributed by atoms with van der Waals surface area (Å²) in [7, 11) is 1.31. The smallest absolute Gasteiger partial charge is 0.356 e. The number of carbonyl (C=O) groups excluding carboxylic acids is 1. The molecule has 0 aliphatic carbocycles. The van der Waals surface area contributed by atoms with Crippen LogP contribution in [0.25, 0.3) is 11.1 Å². The van der Waals surface area contributed by atoms with Gasteiger partial charge in [-0.1, -0.05) is 12.1 Å². The first-order chi connectivity index (χ1) is 8.20. The van der Waals surface area contributed by atoms with Gasteiger partial charge < -0.3 is 9.84 Å². The van der Waals surface area contributed by atoms with Gasteiger partial charge in [-0.05, 0) is 35.4 Å². The van der Waals surface area contributed by atoms with Crippen molar-refractivity contribution in [2.75, 3.05) is 7.11 Å². The average molecular weight is 229 g/mol. The second kappa shape index (κ2) is 4.65. The number of carbonyl (C=O) groups is 1. The van der Waals surface area contributed by atoms with Crippen LogP contribution in [0.15, 0.2) is 42.6 Å². The minimum Gasteiger partial charge on any atom is -0.508 e. The first kappa shape index (κ1) is 11.1. The molecule has 0 atom stereocenters. The largest absolute Gasteiger partial charge is 0.508 e. The summed E-state index contributed by atoms with van der Waals surface area (Å²) in [6.45, 7) is 0. The minimum absolute atomic E-state index is 0.180. The number of aromatic hydroxyl groups is 1. The fraction of sp³-hybridized carbons (Fsp3) is 0.0769. The van der Waals surface area contributed by atoms with Gasteiger partial charge >= 0.3 is 5.97 Å². The third-order valence-electron chi connectivity index (χ3n) is 2.33. The van der Waals surface area contributed by atoms with E-state index in [2.05, 4.69) is 9.72 Å². The van der Waals surface area contributed by atoms with Gasteiger partial charge in [0, 0.05) is 6.20 Å². The Morgan fingerprint density at radius 2 is 2.00 bits per heavy atom. The molecule has 0 saturated carbocycles. The Bertz CT molecular complexity index is 552. The van der Waals surface area contributed by atoms with Crippen molar-refractivity contribution in [2.24, 2.45) is 0 Å². The molecular formula is C13H11NO3. The van der Waals surface area contributed by atoms with Crippen LogP contribution in [0, 0.1) is 0 Å². The maximum absolute atomic E-state index is 11.3. The number of benzene rings is 1. The molecule has 0 radical (unpaired) electrons. The van der Waals surface area contributed by atoms with E-state index in [4.69, 9.17) is 0 Å². The molecule has 0 bridgehead atoms. The van der Waals surface area contributed by atoms with E-state index in [0.29, 0.717) is 0 Å². The first-order valence-corrected chi connectivity index (χ1v) is 5.04. The molecule has 1 aromatic heterocycles. The number of ether oxygens (including phenoxy) is 1. The van der Waals surface area contributed by atoms with Gasteiger partial charge in [0.25, 0.3) is 0 Å². The summed E-state index contributed by atoms with van der Waals surface area (Å²) in [6, 6.07) is 10.2. The summed E-state index contributed by atoms with van der Waals surface area (Å²) >= 11 is 0. The second-order valence-corrected chi connectivity index (χ2v) is 3.47. The lowest BCUT2D eigenvalue weighted by Crippen LogP contribution is -2.03. The van der Waals surface area contributed by atoms with E-state index in [0.717, 1.165) is 11.1 Å². The maximum Gasteiger partial charge on any atom is 0.356 e. The fourth-order valence-corrected chi connectivity index (χ4v) is 1.51. The summed E-state index contributed by atoms with van der Waals surface area (Å²) in [5, 5.41) is 9.39. The second-order valence-electron chi connectivity index (χ2n) is 3.47. The monoisotopic (exact) mass is 229 g/mol. The SMILES string of the molecule is COC(=O)c1cc(-c2cccc(O)c2)ccn1. The van der Waals surface area contributed by atoms with Crippen LogP contribution in [0.5, 0.6) is 5.75 Å². The highest BCUT2D eigenvalue weighted by molar-refractivity contribution is 5.88. The van der Waals surface area contributed by atoms with Gasteiger partial charge in [0.2, 0.25) is 0 Å². The molecule has 4 nitrogen and oxygen atoms in total. The van der Waals surface area contributed by atoms with Crippen LogP contribution < -0.4 is 0 Å². The molecule has 4 heteroatoms. The number of phenolic OH excluding ortho intramolecular Hbond substituents is 1. The standard InChI is InChI=1S/C13H11NO3/c1-17-13(16)12-8-10(5-6-14-12)9-3-2-4-11(15)7-9/h2-8,15H,1H3. The molecule has 2 aromatic rings. The number of phenols is 1. The molecule has 17 heavy (non-hydrogen) atoms. The molecule has 86 valence electrons. The van der Waals surface area contributed by atoms with Gasteiger partial charge in [0.05, 0.1) is 7.11 Å². The Labute approximate surface area is 98.5 Å². The number of hydrogen-bond acceptors (Lipinski definition) is 4. The van der Waals surface area contributed by atoms with E-state index in [1.807, 2.05) is 6.07 Å². The molecular weight excluding hydrogens is 218 g/mol. The molecule has 0 amide bonds. The predicted octanol–water partition coefficient (Wildman–Crippen LogP) is 2.24.